The average Bonchev–Trinajstić information content (AvgIpc) is 3.25. The summed E-state index contributed by atoms with van der Waals surface area (Å²) >= 11 is 0. The van der Waals surface area contributed by atoms with Crippen molar-refractivity contribution in [2.24, 2.45) is 5.92 Å². The quantitative estimate of drug-likeness (QED) is 0.667. The van der Waals surface area contributed by atoms with Gasteiger partial charge in [0.15, 0.2) is 0 Å². The van der Waals surface area contributed by atoms with E-state index in [0.29, 0.717) is 57.2 Å². The summed E-state index contributed by atoms with van der Waals surface area (Å²) in [5, 5.41) is 2.96. The first kappa shape index (κ1) is 26.2. The van der Waals surface area contributed by atoms with E-state index in [1.54, 1.807) is 6.07 Å². The maximum absolute atomic E-state index is 12.9. The number of rotatable bonds is 6. The zero-order valence-corrected chi connectivity index (χ0v) is 21.6. The molecule has 4 rings (SSSR count). The Morgan fingerprint density at radius 1 is 1.06 bits per heavy atom. The lowest BCUT2D eigenvalue weighted by atomic mass is 9.99. The number of amides is 2. The summed E-state index contributed by atoms with van der Waals surface area (Å²) < 4.78 is 11.9. The lowest BCUT2D eigenvalue weighted by Crippen LogP contribution is -2.35. The molecular formula is C29H39N3O4. The minimum absolute atomic E-state index is 0.134. The number of hydrogen-bond donors (Lipinski definition) is 1. The second kappa shape index (κ2) is 12.9. The zero-order chi connectivity index (χ0) is 25.3. The Balaban J connectivity index is 1.48. The normalized spacial score (nSPS) is 17.4. The molecular weight excluding hydrogens is 454 g/mol. The predicted octanol–water partition coefficient (Wildman–Crippen LogP) is 3.50. The Morgan fingerprint density at radius 2 is 1.92 bits per heavy atom. The van der Waals surface area contributed by atoms with Crippen molar-refractivity contribution in [2.75, 3.05) is 52.5 Å². The third-order valence-corrected chi connectivity index (χ3v) is 6.61. The fourth-order valence-electron chi connectivity index (χ4n) is 4.92. The van der Waals surface area contributed by atoms with E-state index in [1.165, 1.54) is 11.1 Å². The molecule has 2 aliphatic rings. The molecule has 0 radical (unpaired) electrons. The number of fused-ring (bicyclic) bond motifs is 3. The van der Waals surface area contributed by atoms with Crippen LogP contribution in [0.1, 0.15) is 53.7 Å². The van der Waals surface area contributed by atoms with Crippen LogP contribution in [0.25, 0.3) is 0 Å². The first-order chi connectivity index (χ1) is 17.5. The SMILES string of the molecule is CC(C)CN1CCOCCOc2ccc(C(=O)NCCN3CCCC3=O)cc2Cc2cccc(c2)C1. The molecule has 2 amide bonds. The van der Waals surface area contributed by atoms with E-state index in [-0.39, 0.29) is 11.8 Å². The van der Waals surface area contributed by atoms with Crippen molar-refractivity contribution in [1.29, 1.82) is 0 Å². The smallest absolute Gasteiger partial charge is 0.251 e. The van der Waals surface area contributed by atoms with Gasteiger partial charge in [0.1, 0.15) is 12.4 Å². The average molecular weight is 494 g/mol. The number of benzene rings is 2. The van der Waals surface area contributed by atoms with E-state index in [1.807, 2.05) is 17.0 Å². The van der Waals surface area contributed by atoms with Gasteiger partial charge in [-0.25, -0.2) is 0 Å². The highest BCUT2D eigenvalue weighted by Gasteiger charge is 2.20. The monoisotopic (exact) mass is 493 g/mol. The molecule has 7 heteroatoms. The number of ether oxygens (including phenoxy) is 2. The van der Waals surface area contributed by atoms with Crippen molar-refractivity contribution < 1.29 is 19.1 Å². The molecule has 0 atom stereocenters. The second-order valence-electron chi connectivity index (χ2n) is 10.1. The van der Waals surface area contributed by atoms with Gasteiger partial charge in [-0.05, 0) is 47.2 Å². The van der Waals surface area contributed by atoms with Gasteiger partial charge in [0.2, 0.25) is 5.91 Å². The number of likely N-dealkylation sites (tertiary alicyclic amines) is 1. The maximum Gasteiger partial charge on any atom is 0.251 e. The fraction of sp³-hybridized carbons (Fsp3) is 0.517. The molecule has 2 aromatic rings. The molecule has 1 fully saturated rings. The predicted molar refractivity (Wildman–Crippen MR) is 140 cm³/mol. The second-order valence-corrected chi connectivity index (χ2v) is 10.1. The van der Waals surface area contributed by atoms with Crippen LogP contribution >= 0.6 is 0 Å². The minimum Gasteiger partial charge on any atom is -0.491 e. The van der Waals surface area contributed by atoms with Crippen molar-refractivity contribution in [3.8, 4) is 5.75 Å². The maximum atomic E-state index is 12.9. The van der Waals surface area contributed by atoms with Gasteiger partial charge < -0.3 is 19.7 Å². The van der Waals surface area contributed by atoms with E-state index in [0.717, 1.165) is 43.9 Å². The molecule has 2 bridgehead atoms. The first-order valence-electron chi connectivity index (χ1n) is 13.2. The van der Waals surface area contributed by atoms with Gasteiger partial charge >= 0.3 is 0 Å². The fourth-order valence-corrected chi connectivity index (χ4v) is 4.92. The molecule has 2 aliphatic heterocycles. The summed E-state index contributed by atoms with van der Waals surface area (Å²) in [6.45, 7) is 10.7. The summed E-state index contributed by atoms with van der Waals surface area (Å²) in [4.78, 5) is 28.9. The van der Waals surface area contributed by atoms with Gasteiger partial charge in [0, 0.05) is 57.7 Å². The van der Waals surface area contributed by atoms with Crippen LogP contribution in [0.15, 0.2) is 42.5 Å². The Morgan fingerprint density at radius 3 is 2.72 bits per heavy atom. The molecule has 0 aromatic heterocycles. The van der Waals surface area contributed by atoms with Crippen molar-refractivity contribution in [3.63, 3.8) is 0 Å². The Hall–Kier alpha value is -2.90. The topological polar surface area (TPSA) is 71.1 Å². The van der Waals surface area contributed by atoms with Gasteiger partial charge in [-0.1, -0.05) is 38.1 Å². The van der Waals surface area contributed by atoms with Gasteiger partial charge in [-0.2, -0.15) is 0 Å². The standard InChI is InChI=1S/C29H39N3O4/c1-22(2)20-31-13-14-35-15-16-36-27-9-8-25(29(34)30-10-12-32-11-4-7-28(32)33)19-26(27)18-23-5-3-6-24(17-23)21-31/h3,5-6,8-9,17,19,22H,4,7,10-16,18,20-21H2,1-2H3,(H,30,34). The summed E-state index contributed by atoms with van der Waals surface area (Å²) in [6, 6.07) is 14.3. The van der Waals surface area contributed by atoms with Crippen LogP contribution in [0.4, 0.5) is 0 Å². The molecule has 0 unspecified atom stereocenters. The summed E-state index contributed by atoms with van der Waals surface area (Å²) in [6.07, 6.45) is 2.19. The molecule has 2 heterocycles. The molecule has 0 aliphatic carbocycles. The Labute approximate surface area is 214 Å². The summed E-state index contributed by atoms with van der Waals surface area (Å²) in [5.41, 5.74) is 4.05. The van der Waals surface area contributed by atoms with Crippen molar-refractivity contribution in [1.82, 2.24) is 15.1 Å². The third kappa shape index (κ3) is 7.55. The largest absolute Gasteiger partial charge is 0.491 e. The van der Waals surface area contributed by atoms with Crippen LogP contribution in [0, 0.1) is 5.92 Å². The van der Waals surface area contributed by atoms with Crippen LogP contribution < -0.4 is 10.1 Å². The number of carbonyl (C=O) groups excluding carboxylic acids is 2. The molecule has 1 N–H and O–H groups in total. The number of carbonyl (C=O) groups is 2. The van der Waals surface area contributed by atoms with Crippen molar-refractivity contribution >= 4 is 11.8 Å². The molecule has 1 saturated heterocycles. The van der Waals surface area contributed by atoms with Gasteiger partial charge in [-0.3, -0.25) is 14.5 Å². The highest BCUT2D eigenvalue weighted by molar-refractivity contribution is 5.94. The lowest BCUT2D eigenvalue weighted by Gasteiger charge is -2.25. The van der Waals surface area contributed by atoms with Crippen molar-refractivity contribution in [2.45, 2.75) is 39.7 Å². The van der Waals surface area contributed by atoms with Crippen LogP contribution in [-0.2, 0) is 22.5 Å². The highest BCUT2D eigenvalue weighted by atomic mass is 16.5. The van der Waals surface area contributed by atoms with E-state index in [9.17, 15) is 9.59 Å². The van der Waals surface area contributed by atoms with Crippen molar-refractivity contribution in [3.05, 3.63) is 64.7 Å². The highest BCUT2D eigenvalue weighted by Crippen LogP contribution is 2.25. The Bertz CT molecular complexity index is 1040. The molecule has 0 spiro atoms. The van der Waals surface area contributed by atoms with E-state index in [4.69, 9.17) is 9.47 Å². The first-order valence-corrected chi connectivity index (χ1v) is 13.2. The van der Waals surface area contributed by atoms with Gasteiger partial charge in [0.25, 0.3) is 5.91 Å². The van der Waals surface area contributed by atoms with Crippen LogP contribution in [0.5, 0.6) is 5.75 Å². The number of nitrogens with one attached hydrogen (secondary N) is 1. The number of nitrogens with zero attached hydrogens (tertiary/aromatic N) is 2. The number of hydrogen-bond acceptors (Lipinski definition) is 5. The van der Waals surface area contributed by atoms with Gasteiger partial charge in [0.05, 0.1) is 13.2 Å². The third-order valence-electron chi connectivity index (χ3n) is 6.61. The molecule has 194 valence electrons. The Kier molecular flexibility index (Phi) is 9.36. The van der Waals surface area contributed by atoms with Crippen LogP contribution in [0.3, 0.4) is 0 Å². The molecule has 0 saturated carbocycles. The van der Waals surface area contributed by atoms with Gasteiger partial charge in [-0.15, -0.1) is 0 Å². The van der Waals surface area contributed by atoms with E-state index < -0.39 is 0 Å². The molecule has 36 heavy (non-hydrogen) atoms. The molecule has 2 aromatic carbocycles. The minimum atomic E-state index is -0.134. The summed E-state index contributed by atoms with van der Waals surface area (Å²) in [7, 11) is 0. The van der Waals surface area contributed by atoms with E-state index >= 15 is 0 Å². The van der Waals surface area contributed by atoms with Crippen LogP contribution in [-0.4, -0.2) is 74.2 Å². The molecule has 7 nitrogen and oxygen atoms in total. The zero-order valence-electron chi connectivity index (χ0n) is 21.6. The van der Waals surface area contributed by atoms with E-state index in [2.05, 4.69) is 48.3 Å². The lowest BCUT2D eigenvalue weighted by molar-refractivity contribution is -0.127. The summed E-state index contributed by atoms with van der Waals surface area (Å²) in [5.74, 6) is 1.40. The van der Waals surface area contributed by atoms with Crippen LogP contribution in [0.2, 0.25) is 0 Å².